The van der Waals surface area contributed by atoms with Gasteiger partial charge < -0.3 is 0 Å². The van der Waals surface area contributed by atoms with Crippen molar-refractivity contribution in [2.24, 2.45) is 0 Å². The summed E-state index contributed by atoms with van der Waals surface area (Å²) >= 11 is 6.48. The maximum absolute atomic E-state index is 6.48. The molecule has 0 spiro atoms. The minimum atomic E-state index is -1.95. The van der Waals surface area contributed by atoms with E-state index < -0.39 is 14.0 Å². The molecule has 0 bridgehead atoms. The Bertz CT molecular complexity index is 1010. The van der Waals surface area contributed by atoms with Gasteiger partial charge in [-0.1, -0.05) is 103 Å². The summed E-state index contributed by atoms with van der Waals surface area (Å²) in [6, 6.07) is 30.6. The molecule has 0 nitrogen and oxygen atoms in total. The van der Waals surface area contributed by atoms with Crippen molar-refractivity contribution in [3.63, 3.8) is 0 Å². The van der Waals surface area contributed by atoms with E-state index in [1.54, 1.807) is 0 Å². The van der Waals surface area contributed by atoms with Gasteiger partial charge in [-0.15, -0.1) is 0 Å². The molecule has 134 valence electrons. The van der Waals surface area contributed by atoms with Crippen molar-refractivity contribution in [2.75, 3.05) is 0 Å². The highest BCUT2D eigenvalue weighted by Crippen LogP contribution is 2.72. The average molecular weight is 404 g/mol. The van der Waals surface area contributed by atoms with Crippen LogP contribution in [0, 0.1) is 0 Å². The highest BCUT2D eigenvalue weighted by Gasteiger charge is 2.36. The lowest BCUT2D eigenvalue weighted by atomic mass is 10.2. The van der Waals surface area contributed by atoms with Crippen molar-refractivity contribution in [3.05, 3.63) is 113 Å². The molecule has 0 saturated carbocycles. The Hall–Kier alpha value is -1.78. The molecule has 0 aliphatic carbocycles. The quantitative estimate of drug-likeness (QED) is 0.476. The van der Waals surface area contributed by atoms with Crippen LogP contribution in [0.5, 0.6) is 0 Å². The molecule has 0 N–H and O–H groups in total. The Morgan fingerprint density at radius 2 is 1.11 bits per heavy atom. The van der Waals surface area contributed by atoms with Crippen molar-refractivity contribution >= 4 is 41.7 Å². The fraction of sp³-hybridized carbons (Fsp3) is 0.0833. The van der Waals surface area contributed by atoms with E-state index in [0.29, 0.717) is 0 Å². The Kier molecular flexibility index (Phi) is 5.29. The monoisotopic (exact) mass is 404 g/mol. The zero-order valence-electron chi connectivity index (χ0n) is 15.5. The second kappa shape index (κ2) is 7.69. The summed E-state index contributed by atoms with van der Waals surface area (Å²) in [5.41, 5.74) is 2.73. The van der Waals surface area contributed by atoms with Gasteiger partial charge in [-0.25, -0.2) is 0 Å². The maximum atomic E-state index is 6.48. The van der Waals surface area contributed by atoms with Crippen LogP contribution in [0.1, 0.15) is 13.8 Å². The summed E-state index contributed by atoms with van der Waals surface area (Å²) in [5, 5.41) is 5.53. The van der Waals surface area contributed by atoms with Crippen molar-refractivity contribution in [1.29, 1.82) is 0 Å². The van der Waals surface area contributed by atoms with Gasteiger partial charge in [-0.05, 0) is 54.6 Å². The van der Waals surface area contributed by atoms with Crippen LogP contribution in [-0.4, -0.2) is 0 Å². The van der Waals surface area contributed by atoms with E-state index >= 15 is 0 Å². The number of benzene rings is 3. The third-order valence-electron chi connectivity index (χ3n) is 5.00. The molecule has 0 saturated heterocycles. The molecule has 0 fully saturated rings. The minimum absolute atomic E-state index is 0.657. The second-order valence-corrected chi connectivity index (χ2v) is 13.5. The van der Waals surface area contributed by atoms with Gasteiger partial charge in [0.1, 0.15) is 0 Å². The molecule has 0 amide bonds. The fourth-order valence-corrected chi connectivity index (χ4v) is 12.7. The van der Waals surface area contributed by atoms with E-state index in [9.17, 15) is 0 Å². The van der Waals surface area contributed by atoms with Gasteiger partial charge in [-0.2, -0.15) is 0 Å². The van der Waals surface area contributed by atoms with Crippen molar-refractivity contribution in [1.82, 2.24) is 0 Å². The van der Waals surface area contributed by atoms with E-state index in [4.69, 9.17) is 11.8 Å². The molecule has 3 heteroatoms. The topological polar surface area (TPSA) is 0 Å². The predicted octanol–water partition coefficient (Wildman–Crippen LogP) is 6.07. The number of rotatable bonds is 4. The summed E-state index contributed by atoms with van der Waals surface area (Å²) in [7, 11) is -0.657. The van der Waals surface area contributed by atoms with Crippen LogP contribution < -0.4 is 15.9 Å². The van der Waals surface area contributed by atoms with E-state index in [1.165, 1.54) is 32.1 Å². The van der Waals surface area contributed by atoms with Crippen molar-refractivity contribution in [3.8, 4) is 0 Å². The Morgan fingerprint density at radius 1 is 0.667 bits per heavy atom. The number of hydrogen-bond acceptors (Lipinski definition) is 1. The van der Waals surface area contributed by atoms with Crippen molar-refractivity contribution in [2.45, 2.75) is 13.8 Å². The van der Waals surface area contributed by atoms with Gasteiger partial charge in [0, 0.05) is 11.1 Å². The summed E-state index contributed by atoms with van der Waals surface area (Å²) in [6.07, 6.45) is 0. The zero-order chi connectivity index (χ0) is 18.9. The molecule has 1 unspecified atom stereocenters. The van der Waals surface area contributed by atoms with Crippen LogP contribution in [0.15, 0.2) is 113 Å². The second-order valence-electron chi connectivity index (χ2n) is 6.76. The standard InChI is InChI=1S/C24H22P2S/c1-19-18-26(27,23-16-10-5-11-17-23)24(20(19)2)25(21-12-6-3-7-13-21)22-14-8-4-9-15-22/h3-18H,1-2H3. The molecule has 4 rings (SSSR count). The van der Waals surface area contributed by atoms with Crippen LogP contribution in [0.4, 0.5) is 0 Å². The molecule has 1 aliphatic heterocycles. The first-order valence-corrected chi connectivity index (χ1v) is 13.3. The van der Waals surface area contributed by atoms with E-state index in [2.05, 4.69) is 111 Å². The number of hydrogen-bond donors (Lipinski definition) is 0. The molecule has 1 atom stereocenters. The minimum Gasteiger partial charge on any atom is -0.0831 e. The molecular weight excluding hydrogens is 382 g/mol. The van der Waals surface area contributed by atoms with Gasteiger partial charge >= 0.3 is 0 Å². The normalized spacial score (nSPS) is 19.4. The largest absolute Gasteiger partial charge is 0.0831 e. The molecule has 27 heavy (non-hydrogen) atoms. The Balaban J connectivity index is 1.97. The first kappa shape index (κ1) is 18.6. The van der Waals surface area contributed by atoms with E-state index in [1.807, 2.05) is 0 Å². The number of allylic oxidation sites excluding steroid dienone is 2. The third kappa shape index (κ3) is 3.41. The average Bonchev–Trinajstić information content (AvgIpc) is 2.95. The van der Waals surface area contributed by atoms with Gasteiger partial charge in [0.05, 0.1) is 0 Å². The summed E-state index contributed by atoms with van der Waals surface area (Å²) in [6.45, 7) is 4.48. The van der Waals surface area contributed by atoms with Crippen LogP contribution in [0.2, 0.25) is 0 Å². The smallest absolute Gasteiger partial charge is 0.0326 e. The lowest BCUT2D eigenvalue weighted by molar-refractivity contribution is 1.38. The molecular formula is C24H22P2S. The van der Waals surface area contributed by atoms with Crippen LogP contribution in [0.25, 0.3) is 0 Å². The van der Waals surface area contributed by atoms with Gasteiger partial charge in [0.2, 0.25) is 0 Å². The molecule has 0 aromatic heterocycles. The van der Waals surface area contributed by atoms with Crippen LogP contribution >= 0.6 is 14.0 Å². The van der Waals surface area contributed by atoms with Gasteiger partial charge in [0.15, 0.2) is 0 Å². The van der Waals surface area contributed by atoms with Gasteiger partial charge in [-0.3, -0.25) is 0 Å². The summed E-state index contributed by atoms with van der Waals surface area (Å²) < 4.78 is 0. The first-order chi connectivity index (χ1) is 13.1. The molecule has 3 aromatic carbocycles. The first-order valence-electron chi connectivity index (χ1n) is 9.08. The van der Waals surface area contributed by atoms with E-state index in [-0.39, 0.29) is 0 Å². The highest BCUT2D eigenvalue weighted by atomic mass is 32.4. The fourth-order valence-electron chi connectivity index (χ4n) is 3.57. The zero-order valence-corrected chi connectivity index (χ0v) is 18.1. The lowest BCUT2D eigenvalue weighted by Gasteiger charge is -2.29. The maximum Gasteiger partial charge on any atom is 0.0326 e. The molecule has 0 radical (unpaired) electrons. The summed E-state index contributed by atoms with van der Waals surface area (Å²) in [4.78, 5) is 0. The van der Waals surface area contributed by atoms with Crippen LogP contribution in [0.3, 0.4) is 0 Å². The Labute approximate surface area is 168 Å². The highest BCUT2D eigenvalue weighted by molar-refractivity contribution is 8.25. The van der Waals surface area contributed by atoms with Gasteiger partial charge in [0.25, 0.3) is 0 Å². The molecule has 3 aromatic rings. The SMILES string of the molecule is CC1=CP(=S)(c2ccccc2)C(P(c2ccccc2)c2ccccc2)=C1C. The lowest BCUT2D eigenvalue weighted by Crippen LogP contribution is -2.15. The van der Waals surface area contributed by atoms with Crippen LogP contribution in [-0.2, 0) is 11.8 Å². The predicted molar refractivity (Wildman–Crippen MR) is 126 cm³/mol. The Morgan fingerprint density at radius 3 is 1.59 bits per heavy atom. The van der Waals surface area contributed by atoms with E-state index in [0.717, 1.165) is 0 Å². The molecule has 1 aliphatic rings. The third-order valence-corrected chi connectivity index (χ3v) is 13.6. The molecule has 1 heterocycles. The van der Waals surface area contributed by atoms with Crippen molar-refractivity contribution < 1.29 is 0 Å². The summed E-state index contributed by atoms with van der Waals surface area (Å²) in [5.74, 6) is 2.39.